The van der Waals surface area contributed by atoms with Gasteiger partial charge in [-0.3, -0.25) is 9.59 Å². The number of hydrogen-bond acceptors (Lipinski definition) is 4. The van der Waals surface area contributed by atoms with Crippen LogP contribution in [0, 0.1) is 0 Å². The molecule has 0 saturated heterocycles. The van der Waals surface area contributed by atoms with Gasteiger partial charge in [-0.1, -0.05) is 0 Å². The van der Waals surface area contributed by atoms with Crippen LogP contribution < -0.4 is 51.4 Å². The molecule has 6 heteroatoms. The fourth-order valence-electron chi connectivity index (χ4n) is 0.441. The number of aliphatic hydroxyl groups excluding tert-OH is 1. The molecule has 0 aliphatic carbocycles. The second-order valence-corrected chi connectivity index (χ2v) is 1.84. The van der Waals surface area contributed by atoms with Crippen LogP contribution in [0.5, 0.6) is 0 Å². The molecule has 0 heterocycles. The van der Waals surface area contributed by atoms with Crippen LogP contribution in [0.2, 0.25) is 0 Å². The molecule has 5 nitrogen and oxygen atoms in total. The van der Waals surface area contributed by atoms with Crippen LogP contribution in [0.15, 0.2) is 0 Å². The van der Waals surface area contributed by atoms with Crippen LogP contribution in [-0.4, -0.2) is 35.4 Å². The number of ether oxygens (including phenoxy) is 1. The summed E-state index contributed by atoms with van der Waals surface area (Å²) in [6.07, 6.45) is -0.375. The van der Waals surface area contributed by atoms with Crippen molar-refractivity contribution < 1.29 is 77.4 Å². The van der Waals surface area contributed by atoms with Gasteiger partial charge in [0.2, 0.25) is 0 Å². The zero-order valence-electron chi connectivity index (χ0n) is 7.95. The molecular weight excluding hydrogens is 191 g/mol. The Balaban J connectivity index is -0.000000500. The maximum atomic E-state index is 10.5. The first-order valence-corrected chi connectivity index (χ1v) is 3.15. The molecule has 0 atom stereocenters. The van der Waals surface area contributed by atoms with E-state index < -0.39 is 11.9 Å². The third-order valence-corrected chi connectivity index (χ3v) is 0.897. The monoisotopic (exact) mass is 202 g/mol. The molecule has 0 amide bonds. The number of rotatable bonds is 5. The topological polar surface area (TPSA) is 83.8 Å². The van der Waals surface area contributed by atoms with Gasteiger partial charge in [-0.25, -0.2) is 0 Å². The molecule has 0 aliphatic rings. The Morgan fingerprint density at radius 2 is 1.92 bits per heavy atom. The summed E-state index contributed by atoms with van der Waals surface area (Å²) in [6.45, 7) is -0.308. The van der Waals surface area contributed by atoms with Crippen molar-refractivity contribution >= 4 is 11.9 Å². The van der Waals surface area contributed by atoms with Crippen molar-refractivity contribution in [2.75, 3.05) is 13.2 Å². The number of carbonyl (C=O) groups is 2. The minimum absolute atomic E-state index is 0. The third kappa shape index (κ3) is 10.5. The number of carboxylic acids is 1. The number of hydrogen-bond donors (Lipinski definition) is 2. The van der Waals surface area contributed by atoms with Crippen LogP contribution in [0.1, 0.15) is 14.3 Å². The minimum atomic E-state index is -1.04. The standard InChI is InChI=1S/C6H10O5.K.H/c7-3-4-11-6(10)2-1-5(8)9;;/h7H,1-4H2,(H,8,9);;/q;+1;-1. The van der Waals surface area contributed by atoms with Crippen LogP contribution in [0.25, 0.3) is 0 Å². The van der Waals surface area contributed by atoms with Crippen LogP contribution in [0.3, 0.4) is 0 Å². The van der Waals surface area contributed by atoms with Crippen molar-refractivity contribution in [2.24, 2.45) is 0 Å². The molecule has 0 saturated carbocycles. The van der Waals surface area contributed by atoms with Gasteiger partial charge >= 0.3 is 63.3 Å². The first-order valence-electron chi connectivity index (χ1n) is 3.15. The predicted octanol–water partition coefficient (Wildman–Crippen LogP) is -3.50. The molecule has 0 aromatic rings. The van der Waals surface area contributed by atoms with Crippen LogP contribution >= 0.6 is 0 Å². The summed E-state index contributed by atoms with van der Waals surface area (Å²) in [5.74, 6) is -1.63. The second-order valence-electron chi connectivity index (χ2n) is 1.84. The van der Waals surface area contributed by atoms with E-state index in [0.29, 0.717) is 0 Å². The summed E-state index contributed by atoms with van der Waals surface area (Å²) >= 11 is 0. The van der Waals surface area contributed by atoms with E-state index in [2.05, 4.69) is 4.74 Å². The number of aliphatic hydroxyl groups is 1. The van der Waals surface area contributed by atoms with Gasteiger partial charge in [-0.05, 0) is 0 Å². The number of carbonyl (C=O) groups excluding carboxylic acids is 1. The van der Waals surface area contributed by atoms with Gasteiger partial charge in [0, 0.05) is 0 Å². The summed E-state index contributed by atoms with van der Waals surface area (Å²) in [5, 5.41) is 16.3. The average Bonchev–Trinajstić information content (AvgIpc) is 1.97. The molecular formula is C6H11KO5. The van der Waals surface area contributed by atoms with E-state index in [4.69, 9.17) is 10.2 Å². The first kappa shape index (κ1) is 15.0. The largest absolute Gasteiger partial charge is 1.00 e. The van der Waals surface area contributed by atoms with E-state index in [0.717, 1.165) is 0 Å². The Morgan fingerprint density at radius 3 is 2.33 bits per heavy atom. The van der Waals surface area contributed by atoms with Crippen molar-refractivity contribution in [3.63, 3.8) is 0 Å². The number of carboxylic acid groups (broad SMARTS) is 1. The fraction of sp³-hybridized carbons (Fsp3) is 0.667. The smallest absolute Gasteiger partial charge is 1.00 e. The van der Waals surface area contributed by atoms with E-state index in [1.807, 2.05) is 0 Å². The SMILES string of the molecule is O=C(O)CCC(=O)OCCO.[H-].[K+]. The molecule has 0 radical (unpaired) electrons. The van der Waals surface area contributed by atoms with E-state index in [1.54, 1.807) is 0 Å². The van der Waals surface area contributed by atoms with Crippen molar-refractivity contribution in [2.45, 2.75) is 12.8 Å². The third-order valence-electron chi connectivity index (χ3n) is 0.897. The van der Waals surface area contributed by atoms with Crippen molar-refractivity contribution in [1.29, 1.82) is 0 Å². The molecule has 0 aromatic carbocycles. The van der Waals surface area contributed by atoms with Crippen molar-refractivity contribution in [3.8, 4) is 0 Å². The van der Waals surface area contributed by atoms with Gasteiger partial charge in [-0.2, -0.15) is 0 Å². The van der Waals surface area contributed by atoms with Crippen LogP contribution in [0.4, 0.5) is 0 Å². The van der Waals surface area contributed by atoms with Gasteiger partial charge in [-0.15, -0.1) is 0 Å². The Bertz CT molecular complexity index is 152. The van der Waals surface area contributed by atoms with Crippen molar-refractivity contribution in [3.05, 3.63) is 0 Å². The predicted molar refractivity (Wildman–Crippen MR) is 36.0 cm³/mol. The van der Waals surface area contributed by atoms with E-state index in [1.165, 1.54) is 0 Å². The van der Waals surface area contributed by atoms with Gasteiger partial charge in [0.1, 0.15) is 6.61 Å². The fourth-order valence-corrected chi connectivity index (χ4v) is 0.441. The Hall–Kier alpha value is 0.536. The van der Waals surface area contributed by atoms with Gasteiger partial charge < -0.3 is 16.4 Å². The summed E-state index contributed by atoms with van der Waals surface area (Å²) in [5.41, 5.74) is 0. The van der Waals surface area contributed by atoms with Gasteiger partial charge in [0.25, 0.3) is 0 Å². The zero-order valence-corrected chi connectivity index (χ0v) is 10.1. The quantitative estimate of drug-likeness (QED) is 0.357. The maximum absolute atomic E-state index is 10.5. The molecule has 0 spiro atoms. The Morgan fingerprint density at radius 1 is 1.33 bits per heavy atom. The van der Waals surface area contributed by atoms with E-state index >= 15 is 0 Å². The first-order chi connectivity index (χ1) is 5.16. The summed E-state index contributed by atoms with van der Waals surface area (Å²) in [4.78, 5) is 20.4. The van der Waals surface area contributed by atoms with Crippen molar-refractivity contribution in [1.82, 2.24) is 0 Å². The van der Waals surface area contributed by atoms with Gasteiger partial charge in [0.15, 0.2) is 0 Å². The zero-order chi connectivity index (χ0) is 8.69. The number of aliphatic carboxylic acids is 1. The molecule has 0 bridgehead atoms. The molecule has 2 N–H and O–H groups in total. The Kier molecular flexibility index (Phi) is 12.1. The normalized spacial score (nSPS) is 8.42. The summed E-state index contributed by atoms with van der Waals surface area (Å²) in [6, 6.07) is 0. The maximum Gasteiger partial charge on any atom is 1.00 e. The van der Waals surface area contributed by atoms with Crippen LogP contribution in [-0.2, 0) is 14.3 Å². The second kappa shape index (κ2) is 9.62. The molecule has 0 rings (SSSR count). The summed E-state index contributed by atoms with van der Waals surface area (Å²) < 4.78 is 4.39. The minimum Gasteiger partial charge on any atom is -1.00 e. The molecule has 0 aliphatic heterocycles. The summed E-state index contributed by atoms with van der Waals surface area (Å²) in [7, 11) is 0. The molecule has 0 fully saturated rings. The molecule has 12 heavy (non-hydrogen) atoms. The molecule has 0 unspecified atom stereocenters. The van der Waals surface area contributed by atoms with E-state index in [-0.39, 0.29) is 78.9 Å². The van der Waals surface area contributed by atoms with Gasteiger partial charge in [0.05, 0.1) is 19.4 Å². The molecule has 66 valence electrons. The Labute approximate surface area is 114 Å². The number of esters is 1. The molecule has 0 aromatic heterocycles. The van der Waals surface area contributed by atoms with E-state index in [9.17, 15) is 9.59 Å². The average molecular weight is 202 g/mol.